The number of rotatable bonds is 1. The number of H-pyrrole nitrogens is 1. The van der Waals surface area contributed by atoms with Gasteiger partial charge in [-0.3, -0.25) is 14.9 Å². The average Bonchev–Trinajstić information content (AvgIpc) is 3.04. The topological polar surface area (TPSA) is 88.0 Å². The van der Waals surface area contributed by atoms with Crippen molar-refractivity contribution in [2.24, 2.45) is 0 Å². The number of aromatic nitrogens is 2. The number of nitrogens with one attached hydrogen (secondary N) is 2. The Hall–Kier alpha value is -2.15. The van der Waals surface area contributed by atoms with Gasteiger partial charge in [-0.15, -0.1) is 0 Å². The summed E-state index contributed by atoms with van der Waals surface area (Å²) in [6.45, 7) is 0. The molecule has 106 valence electrons. The number of carbonyl (C=O) groups excluding carboxylic acids is 2. The molecule has 1 atom stereocenters. The van der Waals surface area contributed by atoms with Gasteiger partial charge in [0.05, 0.1) is 15.8 Å². The second kappa shape index (κ2) is 4.42. The van der Waals surface area contributed by atoms with E-state index in [4.69, 9.17) is 4.52 Å². The van der Waals surface area contributed by atoms with E-state index >= 15 is 0 Å². The van der Waals surface area contributed by atoms with E-state index in [2.05, 4.69) is 31.4 Å². The van der Waals surface area contributed by atoms with E-state index in [1.165, 1.54) is 0 Å². The summed E-state index contributed by atoms with van der Waals surface area (Å²) in [7, 11) is 0. The summed E-state index contributed by atoms with van der Waals surface area (Å²) in [6.07, 6.45) is 2.59. The Morgan fingerprint density at radius 1 is 1.38 bits per heavy atom. The van der Waals surface area contributed by atoms with Crippen molar-refractivity contribution in [3.05, 3.63) is 28.5 Å². The second-order valence-corrected chi connectivity index (χ2v) is 5.93. The molecule has 1 fully saturated rings. The van der Waals surface area contributed by atoms with Crippen molar-refractivity contribution in [3.8, 4) is 0 Å². The van der Waals surface area contributed by atoms with Crippen LogP contribution >= 0.6 is 15.9 Å². The van der Waals surface area contributed by atoms with Crippen LogP contribution < -0.4 is 5.32 Å². The maximum absolute atomic E-state index is 12.1. The molecule has 6 nitrogen and oxygen atoms in total. The lowest BCUT2D eigenvalue weighted by molar-refractivity contribution is -0.134. The van der Waals surface area contributed by atoms with Gasteiger partial charge in [-0.2, -0.15) is 0 Å². The van der Waals surface area contributed by atoms with Crippen molar-refractivity contribution >= 4 is 49.6 Å². The molecule has 0 bridgehead atoms. The van der Waals surface area contributed by atoms with Gasteiger partial charge in [-0.05, 0) is 34.5 Å². The van der Waals surface area contributed by atoms with Crippen molar-refractivity contribution in [3.63, 3.8) is 0 Å². The lowest BCUT2D eigenvalue weighted by Crippen LogP contribution is -2.39. The summed E-state index contributed by atoms with van der Waals surface area (Å²) in [5.74, 6) is -1.02. The SMILES string of the molecule is O=C1CCC(c2noc3c(Br)cc4[nH]ccc4c23)C(=O)N1. The van der Waals surface area contributed by atoms with Gasteiger partial charge in [0, 0.05) is 23.5 Å². The van der Waals surface area contributed by atoms with Gasteiger partial charge in [0.2, 0.25) is 11.8 Å². The molecular formula is C14H10BrN3O3. The van der Waals surface area contributed by atoms with Crippen LogP contribution in [0.15, 0.2) is 27.3 Å². The van der Waals surface area contributed by atoms with E-state index in [9.17, 15) is 9.59 Å². The molecule has 1 aromatic carbocycles. The van der Waals surface area contributed by atoms with Crippen LogP contribution in [-0.4, -0.2) is 22.0 Å². The minimum atomic E-state index is -0.462. The molecule has 1 saturated heterocycles. The summed E-state index contributed by atoms with van der Waals surface area (Å²) >= 11 is 3.46. The van der Waals surface area contributed by atoms with E-state index in [1.54, 1.807) is 0 Å². The molecule has 2 N–H and O–H groups in total. The molecule has 0 spiro atoms. The van der Waals surface area contributed by atoms with E-state index in [1.807, 2.05) is 18.3 Å². The van der Waals surface area contributed by atoms with Crippen LogP contribution in [-0.2, 0) is 9.59 Å². The molecule has 7 heteroatoms. The van der Waals surface area contributed by atoms with Gasteiger partial charge in [0.15, 0.2) is 5.58 Å². The van der Waals surface area contributed by atoms with Gasteiger partial charge >= 0.3 is 0 Å². The Kier molecular flexibility index (Phi) is 2.65. The quantitative estimate of drug-likeness (QED) is 0.662. The average molecular weight is 348 g/mol. The van der Waals surface area contributed by atoms with E-state index in [-0.39, 0.29) is 11.8 Å². The Morgan fingerprint density at radius 2 is 2.24 bits per heavy atom. The third-order valence-electron chi connectivity index (χ3n) is 3.82. The molecule has 3 aromatic rings. The molecule has 2 amide bonds. The number of hydrogen-bond donors (Lipinski definition) is 2. The number of hydrogen-bond acceptors (Lipinski definition) is 4. The number of imide groups is 1. The summed E-state index contributed by atoms with van der Waals surface area (Å²) in [6, 6.07) is 3.84. The zero-order chi connectivity index (χ0) is 14.6. The highest BCUT2D eigenvalue weighted by Gasteiger charge is 2.32. The molecule has 1 aliphatic rings. The van der Waals surface area contributed by atoms with Crippen molar-refractivity contribution in [2.45, 2.75) is 18.8 Å². The van der Waals surface area contributed by atoms with Crippen molar-refractivity contribution in [2.75, 3.05) is 0 Å². The standard InChI is InChI=1S/C14H10BrN3O3/c15-8-5-9-6(3-4-16-9)11-12(18-21-13(8)11)7-1-2-10(19)17-14(7)20/h3-5,7,16H,1-2H2,(H,17,19,20). The molecule has 0 radical (unpaired) electrons. The Balaban J connectivity index is 1.97. The smallest absolute Gasteiger partial charge is 0.235 e. The minimum Gasteiger partial charge on any atom is -0.361 e. The van der Waals surface area contributed by atoms with Crippen molar-refractivity contribution in [1.82, 2.24) is 15.5 Å². The fourth-order valence-electron chi connectivity index (χ4n) is 2.83. The fraction of sp³-hybridized carbons (Fsp3) is 0.214. The zero-order valence-electron chi connectivity index (χ0n) is 10.8. The molecule has 2 aromatic heterocycles. The summed E-state index contributed by atoms with van der Waals surface area (Å²) in [5, 5.41) is 8.22. The van der Waals surface area contributed by atoms with Crippen molar-refractivity contribution < 1.29 is 14.1 Å². The van der Waals surface area contributed by atoms with Gasteiger partial charge < -0.3 is 9.51 Å². The first-order chi connectivity index (χ1) is 10.1. The predicted octanol–water partition coefficient (Wildman–Crippen LogP) is 2.59. The fourth-order valence-corrected chi connectivity index (χ4v) is 3.33. The highest BCUT2D eigenvalue weighted by molar-refractivity contribution is 9.10. The first-order valence-electron chi connectivity index (χ1n) is 6.53. The second-order valence-electron chi connectivity index (χ2n) is 5.07. The number of fused-ring (bicyclic) bond motifs is 3. The molecular weight excluding hydrogens is 338 g/mol. The molecule has 1 aliphatic heterocycles. The minimum absolute atomic E-state index is 0.239. The number of carbonyl (C=O) groups is 2. The number of halogens is 1. The maximum atomic E-state index is 12.1. The van der Waals surface area contributed by atoms with E-state index < -0.39 is 5.92 Å². The maximum Gasteiger partial charge on any atom is 0.235 e. The lowest BCUT2D eigenvalue weighted by atomic mass is 9.92. The van der Waals surface area contributed by atoms with Crippen LogP contribution in [0.1, 0.15) is 24.5 Å². The van der Waals surface area contributed by atoms with Crippen LogP contribution in [0.4, 0.5) is 0 Å². The van der Waals surface area contributed by atoms with Crippen LogP contribution in [0.2, 0.25) is 0 Å². The number of aromatic amines is 1. The van der Waals surface area contributed by atoms with Crippen LogP contribution in [0, 0.1) is 0 Å². The summed E-state index contributed by atoms with van der Waals surface area (Å²) in [4.78, 5) is 26.5. The highest BCUT2D eigenvalue weighted by Crippen LogP contribution is 2.38. The van der Waals surface area contributed by atoms with E-state index in [0.717, 1.165) is 20.8 Å². The monoisotopic (exact) mass is 347 g/mol. The molecule has 0 saturated carbocycles. The molecule has 3 heterocycles. The number of amides is 2. The Bertz CT molecular complexity index is 896. The van der Waals surface area contributed by atoms with Crippen molar-refractivity contribution in [1.29, 1.82) is 0 Å². The van der Waals surface area contributed by atoms with Crippen LogP contribution in [0.3, 0.4) is 0 Å². The zero-order valence-corrected chi connectivity index (χ0v) is 12.4. The van der Waals surface area contributed by atoms with Crippen LogP contribution in [0.5, 0.6) is 0 Å². The molecule has 4 rings (SSSR count). The highest BCUT2D eigenvalue weighted by atomic mass is 79.9. The third kappa shape index (κ3) is 1.80. The Morgan fingerprint density at radius 3 is 3.05 bits per heavy atom. The van der Waals surface area contributed by atoms with E-state index in [0.29, 0.717) is 24.1 Å². The van der Waals surface area contributed by atoms with Crippen LogP contribution in [0.25, 0.3) is 21.9 Å². The summed E-state index contributed by atoms with van der Waals surface area (Å²) in [5.41, 5.74) is 2.13. The van der Waals surface area contributed by atoms with Gasteiger partial charge in [0.1, 0.15) is 5.69 Å². The largest absolute Gasteiger partial charge is 0.361 e. The number of nitrogens with zero attached hydrogens (tertiary/aromatic N) is 1. The molecule has 0 aliphatic carbocycles. The lowest BCUT2D eigenvalue weighted by Gasteiger charge is -2.18. The first-order valence-corrected chi connectivity index (χ1v) is 7.33. The van der Waals surface area contributed by atoms with Gasteiger partial charge in [-0.1, -0.05) is 5.16 Å². The van der Waals surface area contributed by atoms with Gasteiger partial charge in [0.25, 0.3) is 0 Å². The normalized spacial score (nSPS) is 19.4. The molecule has 21 heavy (non-hydrogen) atoms. The number of benzene rings is 1. The predicted molar refractivity (Wildman–Crippen MR) is 78.7 cm³/mol. The third-order valence-corrected chi connectivity index (χ3v) is 4.41. The molecule has 1 unspecified atom stereocenters. The Labute approximate surface area is 127 Å². The van der Waals surface area contributed by atoms with Gasteiger partial charge in [-0.25, -0.2) is 0 Å². The first kappa shape index (κ1) is 12.6. The number of piperidine rings is 1. The summed E-state index contributed by atoms with van der Waals surface area (Å²) < 4.78 is 6.19.